The summed E-state index contributed by atoms with van der Waals surface area (Å²) in [6, 6.07) is 6.93. The van der Waals surface area contributed by atoms with Crippen molar-refractivity contribution in [2.45, 2.75) is 0 Å². The zero-order valence-electron chi connectivity index (χ0n) is 8.81. The molecule has 0 saturated carbocycles. The van der Waals surface area contributed by atoms with Crippen molar-refractivity contribution in [2.24, 2.45) is 0 Å². The smallest absolute Gasteiger partial charge is 0.316 e. The van der Waals surface area contributed by atoms with Crippen LogP contribution in [-0.4, -0.2) is 36.9 Å². The predicted octanol–water partition coefficient (Wildman–Crippen LogP) is 1.15. The van der Waals surface area contributed by atoms with Crippen LogP contribution in [0.4, 0.5) is 5.69 Å². The van der Waals surface area contributed by atoms with Crippen LogP contribution in [0.3, 0.4) is 0 Å². The van der Waals surface area contributed by atoms with Gasteiger partial charge in [0.25, 0.3) is 0 Å². The molecular weight excluding hydrogens is 228 g/mol. The Morgan fingerprint density at radius 1 is 1.19 bits per heavy atom. The Bertz CT molecular complexity index is 447. The molecule has 5 heteroatoms. The molecule has 84 valence electrons. The van der Waals surface area contributed by atoms with Crippen LogP contribution in [0.5, 0.6) is 0 Å². The number of hydrogen-bond acceptors (Lipinski definition) is 2. The Balaban J connectivity index is 2.29. The molecule has 1 heterocycles. The summed E-state index contributed by atoms with van der Waals surface area (Å²) in [5.41, 5.74) is 0.666. The summed E-state index contributed by atoms with van der Waals surface area (Å²) in [6.07, 6.45) is 0. The molecule has 0 spiro atoms. The molecule has 1 aliphatic rings. The summed E-state index contributed by atoms with van der Waals surface area (Å²) in [5.74, 6) is -0.984. The number of benzene rings is 1. The number of amides is 2. The normalized spacial score (nSPS) is 16.9. The maximum Gasteiger partial charge on any atom is 0.316 e. The van der Waals surface area contributed by atoms with Gasteiger partial charge in [-0.3, -0.25) is 9.59 Å². The highest BCUT2D eigenvalue weighted by Crippen LogP contribution is 2.21. The van der Waals surface area contributed by atoms with E-state index in [1.165, 1.54) is 9.80 Å². The topological polar surface area (TPSA) is 40.6 Å². The average Bonchev–Trinajstić information content (AvgIpc) is 2.26. The number of carbonyl (C=O) groups excluding carboxylic acids is 2. The molecule has 4 nitrogen and oxygen atoms in total. The monoisotopic (exact) mass is 238 g/mol. The minimum Gasteiger partial charge on any atom is -0.336 e. The van der Waals surface area contributed by atoms with Crippen LogP contribution in [0.25, 0.3) is 0 Å². The van der Waals surface area contributed by atoms with Crippen LogP contribution in [0, 0.1) is 0 Å². The second-order valence-corrected chi connectivity index (χ2v) is 4.10. The van der Waals surface area contributed by atoms with Gasteiger partial charge < -0.3 is 9.80 Å². The van der Waals surface area contributed by atoms with E-state index in [-0.39, 0.29) is 0 Å². The van der Waals surface area contributed by atoms with Crippen molar-refractivity contribution in [1.29, 1.82) is 0 Å². The molecule has 0 unspecified atom stereocenters. The van der Waals surface area contributed by atoms with Gasteiger partial charge in [-0.05, 0) is 18.2 Å². The summed E-state index contributed by atoms with van der Waals surface area (Å²) >= 11 is 5.84. The molecule has 16 heavy (non-hydrogen) atoms. The van der Waals surface area contributed by atoms with Gasteiger partial charge in [0.2, 0.25) is 0 Å². The fourth-order valence-corrected chi connectivity index (χ4v) is 1.81. The molecule has 0 aliphatic carbocycles. The molecule has 0 atom stereocenters. The van der Waals surface area contributed by atoms with Crippen molar-refractivity contribution >= 4 is 29.1 Å². The maximum absolute atomic E-state index is 11.7. The van der Waals surface area contributed by atoms with Crippen molar-refractivity contribution in [3.8, 4) is 0 Å². The van der Waals surface area contributed by atoms with E-state index in [0.29, 0.717) is 23.8 Å². The van der Waals surface area contributed by atoms with Gasteiger partial charge in [-0.2, -0.15) is 0 Å². The zero-order valence-corrected chi connectivity index (χ0v) is 9.57. The van der Waals surface area contributed by atoms with Crippen molar-refractivity contribution in [1.82, 2.24) is 4.90 Å². The van der Waals surface area contributed by atoms with Crippen molar-refractivity contribution in [2.75, 3.05) is 25.0 Å². The van der Waals surface area contributed by atoms with Gasteiger partial charge in [-0.15, -0.1) is 0 Å². The largest absolute Gasteiger partial charge is 0.336 e. The van der Waals surface area contributed by atoms with E-state index < -0.39 is 11.8 Å². The summed E-state index contributed by atoms with van der Waals surface area (Å²) < 4.78 is 0. The molecular formula is C11H11ClN2O2. The lowest BCUT2D eigenvalue weighted by molar-refractivity contribution is -0.145. The lowest BCUT2D eigenvalue weighted by Gasteiger charge is -2.31. The molecule has 2 rings (SSSR count). The molecule has 0 bridgehead atoms. The van der Waals surface area contributed by atoms with E-state index in [2.05, 4.69) is 0 Å². The molecule has 0 radical (unpaired) electrons. The van der Waals surface area contributed by atoms with E-state index in [0.717, 1.165) is 0 Å². The van der Waals surface area contributed by atoms with Crippen LogP contribution in [0.15, 0.2) is 24.3 Å². The first-order chi connectivity index (χ1) is 7.59. The first-order valence-corrected chi connectivity index (χ1v) is 5.30. The Morgan fingerprint density at radius 2 is 1.94 bits per heavy atom. The fourth-order valence-electron chi connectivity index (χ4n) is 1.62. The second kappa shape index (κ2) is 4.14. The number of anilines is 1. The minimum absolute atomic E-state index is 0.480. The van der Waals surface area contributed by atoms with E-state index >= 15 is 0 Å². The van der Waals surface area contributed by atoms with Crippen LogP contribution in [0.2, 0.25) is 5.02 Å². The molecule has 0 aromatic heterocycles. The Labute approximate surface area is 98.4 Å². The number of rotatable bonds is 1. The molecule has 1 saturated heterocycles. The third kappa shape index (κ3) is 1.88. The summed E-state index contributed by atoms with van der Waals surface area (Å²) in [7, 11) is 1.62. The number of piperazine rings is 1. The van der Waals surface area contributed by atoms with Gasteiger partial charge >= 0.3 is 11.8 Å². The average molecular weight is 239 g/mol. The van der Waals surface area contributed by atoms with E-state index in [1.54, 1.807) is 31.3 Å². The summed E-state index contributed by atoms with van der Waals surface area (Å²) in [5, 5.41) is 0.552. The van der Waals surface area contributed by atoms with Crippen LogP contribution >= 0.6 is 11.6 Å². The van der Waals surface area contributed by atoms with E-state index in [4.69, 9.17) is 11.6 Å². The highest BCUT2D eigenvalue weighted by atomic mass is 35.5. The lowest BCUT2D eigenvalue weighted by atomic mass is 10.2. The number of hydrogen-bond donors (Lipinski definition) is 0. The van der Waals surface area contributed by atoms with Gasteiger partial charge in [0, 0.05) is 30.8 Å². The molecule has 1 aromatic carbocycles. The Kier molecular flexibility index (Phi) is 2.83. The first kappa shape index (κ1) is 11.0. The standard InChI is InChI=1S/C11H11ClN2O2/c1-13-5-6-14(11(16)10(13)15)9-4-2-3-8(12)7-9/h2-4,7H,5-6H2,1H3. The highest BCUT2D eigenvalue weighted by molar-refractivity contribution is 6.41. The molecule has 0 N–H and O–H groups in total. The Morgan fingerprint density at radius 3 is 2.62 bits per heavy atom. The quantitative estimate of drug-likeness (QED) is 0.689. The molecule has 2 amide bonds. The molecule has 1 fully saturated rings. The van der Waals surface area contributed by atoms with Crippen molar-refractivity contribution in [3.05, 3.63) is 29.3 Å². The first-order valence-electron chi connectivity index (χ1n) is 4.92. The van der Waals surface area contributed by atoms with Gasteiger partial charge in [-0.1, -0.05) is 17.7 Å². The van der Waals surface area contributed by atoms with E-state index in [1.807, 2.05) is 0 Å². The number of nitrogens with zero attached hydrogens (tertiary/aromatic N) is 2. The number of carbonyl (C=O) groups is 2. The van der Waals surface area contributed by atoms with Crippen LogP contribution in [0.1, 0.15) is 0 Å². The zero-order chi connectivity index (χ0) is 11.7. The fraction of sp³-hybridized carbons (Fsp3) is 0.273. The van der Waals surface area contributed by atoms with Gasteiger partial charge in [0.15, 0.2) is 0 Å². The van der Waals surface area contributed by atoms with Crippen molar-refractivity contribution in [3.63, 3.8) is 0 Å². The number of likely N-dealkylation sites (N-methyl/N-ethyl adjacent to an activating group) is 1. The van der Waals surface area contributed by atoms with E-state index in [9.17, 15) is 9.59 Å². The molecule has 1 aromatic rings. The minimum atomic E-state index is -0.504. The second-order valence-electron chi connectivity index (χ2n) is 3.66. The summed E-state index contributed by atoms with van der Waals surface area (Å²) in [4.78, 5) is 26.1. The predicted molar refractivity (Wildman–Crippen MR) is 61.4 cm³/mol. The molecule has 1 aliphatic heterocycles. The van der Waals surface area contributed by atoms with Gasteiger partial charge in [0.05, 0.1) is 0 Å². The third-order valence-corrected chi connectivity index (χ3v) is 2.79. The van der Waals surface area contributed by atoms with Crippen molar-refractivity contribution < 1.29 is 9.59 Å². The van der Waals surface area contributed by atoms with Gasteiger partial charge in [-0.25, -0.2) is 0 Å². The lowest BCUT2D eigenvalue weighted by Crippen LogP contribution is -2.53. The highest BCUT2D eigenvalue weighted by Gasteiger charge is 2.31. The van der Waals surface area contributed by atoms with Crippen LogP contribution < -0.4 is 4.90 Å². The van der Waals surface area contributed by atoms with Gasteiger partial charge in [0.1, 0.15) is 0 Å². The summed E-state index contributed by atoms with van der Waals surface area (Å²) in [6.45, 7) is 1.04. The third-order valence-electron chi connectivity index (χ3n) is 2.55. The maximum atomic E-state index is 11.7. The SMILES string of the molecule is CN1CCN(c2cccc(Cl)c2)C(=O)C1=O. The van der Waals surface area contributed by atoms with Crippen LogP contribution in [-0.2, 0) is 9.59 Å². The number of halogens is 1. The Hall–Kier alpha value is -1.55.